The molecule has 116 valence electrons. The first-order valence-corrected chi connectivity index (χ1v) is 7.20. The van der Waals surface area contributed by atoms with E-state index in [1.165, 1.54) is 7.11 Å². The van der Waals surface area contributed by atoms with Crippen LogP contribution in [0, 0.1) is 0 Å². The molecule has 5 nitrogen and oxygen atoms in total. The molecule has 0 aromatic heterocycles. The van der Waals surface area contributed by atoms with Crippen molar-refractivity contribution in [3.63, 3.8) is 0 Å². The van der Waals surface area contributed by atoms with Crippen LogP contribution < -0.4 is 15.0 Å². The minimum Gasteiger partial charge on any atom is -0.495 e. The molecule has 2 rings (SSSR count). The van der Waals surface area contributed by atoms with Crippen molar-refractivity contribution in [3.05, 3.63) is 24.3 Å². The van der Waals surface area contributed by atoms with Gasteiger partial charge in [0.2, 0.25) is 0 Å². The van der Waals surface area contributed by atoms with Gasteiger partial charge in [-0.15, -0.1) is 0 Å². The number of hydrogen-bond donors (Lipinski definition) is 1. The minimum absolute atomic E-state index is 0.240. The summed E-state index contributed by atoms with van der Waals surface area (Å²) in [5, 5.41) is 3.40. The van der Waals surface area contributed by atoms with Gasteiger partial charge in [-0.25, -0.2) is 4.79 Å². The summed E-state index contributed by atoms with van der Waals surface area (Å²) in [5.74, 6) is 0.551. The number of ether oxygens (including phenoxy) is 2. The van der Waals surface area contributed by atoms with Crippen LogP contribution in [-0.2, 0) is 9.53 Å². The number of esters is 1. The van der Waals surface area contributed by atoms with Crippen molar-refractivity contribution in [2.24, 2.45) is 0 Å². The number of hydrogen-bond acceptors (Lipinski definition) is 5. The average Bonchev–Trinajstić information content (AvgIpc) is 3.29. The lowest BCUT2D eigenvalue weighted by Crippen LogP contribution is -2.57. The number of carbonyl (C=O) groups is 1. The molecule has 0 bridgehead atoms. The van der Waals surface area contributed by atoms with Gasteiger partial charge in [0.25, 0.3) is 0 Å². The number of carbonyl (C=O) groups excluding carboxylic acids is 1. The molecule has 5 heteroatoms. The number of benzene rings is 1. The molecule has 1 saturated carbocycles. The summed E-state index contributed by atoms with van der Waals surface area (Å²) in [6.45, 7) is 2.40. The van der Waals surface area contributed by atoms with Crippen LogP contribution >= 0.6 is 0 Å². The van der Waals surface area contributed by atoms with E-state index in [0.29, 0.717) is 12.6 Å². The van der Waals surface area contributed by atoms with E-state index in [9.17, 15) is 4.79 Å². The Morgan fingerprint density at radius 2 is 2.05 bits per heavy atom. The lowest BCUT2D eigenvalue weighted by atomic mass is 10.0. The van der Waals surface area contributed by atoms with Gasteiger partial charge < -0.3 is 14.4 Å². The number of methoxy groups -OCH3 is 2. The van der Waals surface area contributed by atoms with Crippen LogP contribution in [-0.4, -0.2) is 45.4 Å². The fraction of sp³-hybridized carbons (Fsp3) is 0.562. The summed E-state index contributed by atoms with van der Waals surface area (Å²) in [7, 11) is 5.03. The number of anilines is 1. The quantitative estimate of drug-likeness (QED) is 0.777. The fourth-order valence-electron chi connectivity index (χ4n) is 2.58. The molecule has 0 spiro atoms. The Morgan fingerprint density at radius 1 is 1.38 bits per heavy atom. The largest absolute Gasteiger partial charge is 0.495 e. The molecule has 1 N–H and O–H groups in total. The highest BCUT2D eigenvalue weighted by molar-refractivity contribution is 5.81. The van der Waals surface area contributed by atoms with Crippen molar-refractivity contribution in [2.45, 2.75) is 31.3 Å². The zero-order chi connectivity index (χ0) is 15.5. The van der Waals surface area contributed by atoms with Crippen LogP contribution in [0.4, 0.5) is 5.69 Å². The van der Waals surface area contributed by atoms with Crippen molar-refractivity contribution in [1.29, 1.82) is 0 Å². The van der Waals surface area contributed by atoms with Gasteiger partial charge in [-0.3, -0.25) is 5.32 Å². The molecule has 1 atom stereocenters. The van der Waals surface area contributed by atoms with E-state index in [2.05, 4.69) is 5.32 Å². The Kier molecular flexibility index (Phi) is 4.73. The lowest BCUT2D eigenvalue weighted by Gasteiger charge is -2.34. The zero-order valence-electron chi connectivity index (χ0n) is 13.2. The predicted molar refractivity (Wildman–Crippen MR) is 82.8 cm³/mol. The summed E-state index contributed by atoms with van der Waals surface area (Å²) < 4.78 is 10.4. The van der Waals surface area contributed by atoms with Gasteiger partial charge in [-0.05, 0) is 31.9 Å². The molecule has 1 fully saturated rings. The molecule has 0 saturated heterocycles. The Labute approximate surface area is 126 Å². The number of nitrogens with zero attached hydrogens (tertiary/aromatic N) is 1. The normalized spacial score (nSPS) is 17.0. The average molecular weight is 292 g/mol. The number of para-hydroxylation sites is 2. The molecule has 1 unspecified atom stereocenters. The molecule has 0 amide bonds. The van der Waals surface area contributed by atoms with Gasteiger partial charge in [0.15, 0.2) is 0 Å². The molecule has 0 radical (unpaired) electrons. The Balaban J connectivity index is 2.16. The Morgan fingerprint density at radius 3 is 2.62 bits per heavy atom. The molecule has 1 aromatic rings. The first-order valence-electron chi connectivity index (χ1n) is 7.20. The second-order valence-corrected chi connectivity index (χ2v) is 5.77. The standard InChI is InChI=1S/C16H24N2O3/c1-16(15(19)21-4,17-12-9-10-12)11-18(2)13-7-5-6-8-14(13)20-3/h5-8,12,17H,9-11H2,1-4H3. The molecule has 0 heterocycles. The van der Waals surface area contributed by atoms with Crippen LogP contribution in [0.1, 0.15) is 19.8 Å². The second-order valence-electron chi connectivity index (χ2n) is 5.77. The molecule has 1 aromatic carbocycles. The first-order chi connectivity index (χ1) is 10.00. The minimum atomic E-state index is -0.731. The van der Waals surface area contributed by atoms with Gasteiger partial charge in [-0.1, -0.05) is 12.1 Å². The predicted octanol–water partition coefficient (Wildman–Crippen LogP) is 1.82. The Hall–Kier alpha value is -1.75. The molecule has 1 aliphatic rings. The van der Waals surface area contributed by atoms with E-state index in [1.54, 1.807) is 7.11 Å². The van der Waals surface area contributed by atoms with Crippen molar-refractivity contribution >= 4 is 11.7 Å². The topological polar surface area (TPSA) is 50.8 Å². The van der Waals surface area contributed by atoms with Crippen molar-refractivity contribution in [2.75, 3.05) is 32.7 Å². The van der Waals surface area contributed by atoms with Gasteiger partial charge in [0.05, 0.1) is 19.9 Å². The molecular formula is C16H24N2O3. The highest BCUT2D eigenvalue weighted by Gasteiger charge is 2.40. The van der Waals surface area contributed by atoms with Crippen LogP contribution in [0.2, 0.25) is 0 Å². The summed E-state index contributed by atoms with van der Waals surface area (Å²) in [5.41, 5.74) is 0.221. The maximum Gasteiger partial charge on any atom is 0.327 e. The van der Waals surface area contributed by atoms with Crippen LogP contribution in [0.3, 0.4) is 0 Å². The monoisotopic (exact) mass is 292 g/mol. The van der Waals surface area contributed by atoms with E-state index in [1.807, 2.05) is 43.1 Å². The van der Waals surface area contributed by atoms with E-state index < -0.39 is 5.54 Å². The third-order valence-corrected chi connectivity index (χ3v) is 3.79. The third-order valence-electron chi connectivity index (χ3n) is 3.79. The van der Waals surface area contributed by atoms with E-state index in [-0.39, 0.29) is 5.97 Å². The van der Waals surface area contributed by atoms with Gasteiger partial charge in [0, 0.05) is 19.6 Å². The summed E-state index contributed by atoms with van der Waals surface area (Å²) >= 11 is 0. The third kappa shape index (κ3) is 3.67. The molecule has 1 aliphatic carbocycles. The smallest absolute Gasteiger partial charge is 0.327 e. The van der Waals surface area contributed by atoms with Crippen LogP contribution in [0.25, 0.3) is 0 Å². The number of nitrogens with one attached hydrogen (secondary N) is 1. The van der Waals surface area contributed by atoms with E-state index in [4.69, 9.17) is 9.47 Å². The van der Waals surface area contributed by atoms with E-state index in [0.717, 1.165) is 24.3 Å². The summed E-state index contributed by atoms with van der Waals surface area (Å²) in [6.07, 6.45) is 2.23. The fourth-order valence-corrected chi connectivity index (χ4v) is 2.58. The van der Waals surface area contributed by atoms with Crippen molar-refractivity contribution in [3.8, 4) is 5.75 Å². The second kappa shape index (κ2) is 6.35. The van der Waals surface area contributed by atoms with E-state index >= 15 is 0 Å². The van der Waals surface area contributed by atoms with Gasteiger partial charge in [0.1, 0.15) is 11.3 Å². The maximum absolute atomic E-state index is 12.2. The zero-order valence-corrected chi connectivity index (χ0v) is 13.2. The highest BCUT2D eigenvalue weighted by Crippen LogP contribution is 2.29. The Bertz CT molecular complexity index is 502. The van der Waals surface area contributed by atoms with Crippen LogP contribution in [0.15, 0.2) is 24.3 Å². The lowest BCUT2D eigenvalue weighted by molar-refractivity contribution is -0.147. The van der Waals surface area contributed by atoms with Crippen molar-refractivity contribution in [1.82, 2.24) is 5.32 Å². The first kappa shape index (κ1) is 15.6. The van der Waals surface area contributed by atoms with Crippen LogP contribution in [0.5, 0.6) is 5.75 Å². The molecular weight excluding hydrogens is 268 g/mol. The number of rotatable bonds is 7. The van der Waals surface area contributed by atoms with Crippen molar-refractivity contribution < 1.29 is 14.3 Å². The summed E-state index contributed by atoms with van der Waals surface area (Å²) in [4.78, 5) is 14.2. The van der Waals surface area contributed by atoms with Gasteiger partial charge >= 0.3 is 5.97 Å². The molecule has 21 heavy (non-hydrogen) atoms. The maximum atomic E-state index is 12.2. The number of likely N-dealkylation sites (N-methyl/N-ethyl adjacent to an activating group) is 1. The SMILES string of the molecule is COC(=O)C(C)(CN(C)c1ccccc1OC)NC1CC1. The highest BCUT2D eigenvalue weighted by atomic mass is 16.5. The summed E-state index contributed by atoms with van der Waals surface area (Å²) in [6, 6.07) is 8.19. The van der Waals surface area contributed by atoms with Gasteiger partial charge in [-0.2, -0.15) is 0 Å². The molecule has 0 aliphatic heterocycles.